The first-order chi connectivity index (χ1) is 11.1. The maximum Gasteiger partial charge on any atom is 0.287 e. The van der Waals surface area contributed by atoms with Crippen LogP contribution in [0.2, 0.25) is 0 Å². The van der Waals surface area contributed by atoms with Crippen LogP contribution in [0.3, 0.4) is 0 Å². The largest absolute Gasteiger partial charge is 0.337 e. The Hall–Kier alpha value is -1.99. The molecule has 4 rings (SSSR count). The Morgan fingerprint density at radius 2 is 1.96 bits per heavy atom. The molecule has 0 saturated carbocycles. The molecule has 1 N–H and O–H groups in total. The molecule has 23 heavy (non-hydrogen) atoms. The molecule has 0 spiro atoms. The van der Waals surface area contributed by atoms with Crippen LogP contribution in [0.25, 0.3) is 10.2 Å². The molecule has 2 saturated heterocycles. The number of hydrogen-bond acceptors (Lipinski definition) is 5. The second-order valence-electron chi connectivity index (χ2n) is 6.16. The summed E-state index contributed by atoms with van der Waals surface area (Å²) < 4.78 is 1.20. The van der Waals surface area contributed by atoms with Gasteiger partial charge in [0.25, 0.3) is 5.91 Å². The van der Waals surface area contributed by atoms with Crippen LogP contribution in [0.1, 0.15) is 6.42 Å². The Kier molecular flexibility index (Phi) is 3.54. The molecule has 2 aromatic rings. The summed E-state index contributed by atoms with van der Waals surface area (Å²) in [7, 11) is 1.58. The van der Waals surface area contributed by atoms with Gasteiger partial charge in [-0.1, -0.05) is 23.5 Å². The normalized spacial score (nSPS) is 23.3. The van der Waals surface area contributed by atoms with Crippen LogP contribution in [-0.2, 0) is 9.59 Å². The van der Waals surface area contributed by atoms with Crippen LogP contribution in [0.4, 0.5) is 5.13 Å². The Balaban J connectivity index is 1.45. The number of likely N-dealkylation sites (tertiary alicyclic amines) is 1. The number of nitrogens with zero attached hydrogens (tertiary/aromatic N) is 3. The van der Waals surface area contributed by atoms with Crippen molar-refractivity contribution in [3.63, 3.8) is 0 Å². The van der Waals surface area contributed by atoms with Crippen LogP contribution in [0.15, 0.2) is 24.3 Å². The fraction of sp³-hybridized carbons (Fsp3) is 0.438. The molecule has 2 aliphatic rings. The van der Waals surface area contributed by atoms with Crippen LogP contribution >= 0.6 is 11.3 Å². The van der Waals surface area contributed by atoms with Crippen molar-refractivity contribution >= 4 is 38.5 Å². The third-order valence-electron chi connectivity index (χ3n) is 4.83. The molecule has 2 aliphatic heterocycles. The number of aromatic nitrogens is 1. The number of fused-ring (bicyclic) bond motifs is 1. The predicted octanol–water partition coefficient (Wildman–Crippen LogP) is -0.241. The number of imide groups is 1. The average Bonchev–Trinajstić information content (AvgIpc) is 3.12. The van der Waals surface area contributed by atoms with Gasteiger partial charge in [0.05, 0.1) is 42.8 Å². The zero-order valence-electron chi connectivity index (χ0n) is 13.0. The van der Waals surface area contributed by atoms with Crippen LogP contribution in [-0.4, -0.2) is 61.0 Å². The minimum Gasteiger partial charge on any atom is -0.337 e. The van der Waals surface area contributed by atoms with Crippen LogP contribution in [0.5, 0.6) is 0 Å². The summed E-state index contributed by atoms with van der Waals surface area (Å²) in [5, 5.41) is 1.05. The fourth-order valence-corrected chi connectivity index (χ4v) is 4.42. The fourth-order valence-electron chi connectivity index (χ4n) is 3.40. The third kappa shape index (κ3) is 2.49. The van der Waals surface area contributed by atoms with E-state index in [2.05, 4.69) is 11.0 Å². The van der Waals surface area contributed by atoms with Gasteiger partial charge in [0.1, 0.15) is 0 Å². The number of thiazole rings is 1. The van der Waals surface area contributed by atoms with Gasteiger partial charge in [-0.3, -0.25) is 14.5 Å². The summed E-state index contributed by atoms with van der Waals surface area (Å²) in [5.41, 5.74) is 1.04. The number of para-hydroxylation sites is 1. The molecule has 2 amide bonds. The highest BCUT2D eigenvalue weighted by Gasteiger charge is 2.44. The number of nitrogens with one attached hydrogen (secondary N) is 1. The number of hydrogen-bond donors (Lipinski definition) is 1. The first-order valence-electron chi connectivity index (χ1n) is 7.89. The minimum absolute atomic E-state index is 0.0292. The van der Waals surface area contributed by atoms with E-state index < -0.39 is 0 Å². The van der Waals surface area contributed by atoms with Crippen molar-refractivity contribution in [1.82, 2.24) is 9.88 Å². The van der Waals surface area contributed by atoms with E-state index in [0.717, 1.165) is 36.8 Å². The molecule has 120 valence electrons. The number of carbonyl (C=O) groups excluding carboxylic acids is 2. The number of carbonyl (C=O) groups is 2. The first-order valence-corrected chi connectivity index (χ1v) is 8.70. The topological polar surface area (TPSA) is 58.0 Å². The summed E-state index contributed by atoms with van der Waals surface area (Å²) in [4.78, 5) is 33.3. The Bertz CT molecular complexity index is 733. The second kappa shape index (κ2) is 5.58. The lowest BCUT2D eigenvalue weighted by atomic mass is 10.2. The van der Waals surface area contributed by atoms with E-state index in [-0.39, 0.29) is 17.9 Å². The first kappa shape index (κ1) is 14.6. The number of anilines is 1. The van der Waals surface area contributed by atoms with Crippen molar-refractivity contribution in [3.05, 3.63) is 24.3 Å². The number of rotatable bonds is 2. The van der Waals surface area contributed by atoms with Crippen molar-refractivity contribution < 1.29 is 14.5 Å². The molecule has 0 radical (unpaired) electrons. The zero-order chi connectivity index (χ0) is 16.0. The van der Waals surface area contributed by atoms with Gasteiger partial charge in [-0.05, 0) is 12.1 Å². The van der Waals surface area contributed by atoms with Crippen LogP contribution < -0.4 is 9.80 Å². The zero-order valence-corrected chi connectivity index (χ0v) is 13.8. The van der Waals surface area contributed by atoms with E-state index >= 15 is 0 Å². The Labute approximate surface area is 138 Å². The lowest BCUT2D eigenvalue weighted by molar-refractivity contribution is -0.915. The second-order valence-corrected chi connectivity index (χ2v) is 7.17. The number of piperazine rings is 1. The molecule has 0 bridgehead atoms. The van der Waals surface area contributed by atoms with Gasteiger partial charge in [0.15, 0.2) is 11.2 Å². The van der Waals surface area contributed by atoms with Gasteiger partial charge in [0, 0.05) is 7.05 Å². The highest BCUT2D eigenvalue weighted by molar-refractivity contribution is 7.22. The smallest absolute Gasteiger partial charge is 0.287 e. The molecule has 0 unspecified atom stereocenters. The van der Waals surface area contributed by atoms with Crippen molar-refractivity contribution in [1.29, 1.82) is 0 Å². The minimum atomic E-state index is -0.190. The predicted molar refractivity (Wildman–Crippen MR) is 88.7 cm³/mol. The molecule has 1 atom stereocenters. The molecule has 6 nitrogen and oxygen atoms in total. The standard InChI is InChI=1S/C16H18N4O2S/c1-18-14(21)10-12(15(18)22)19-6-8-20(9-7-19)16-17-11-4-2-3-5-13(11)23-16/h2-5,12H,6-10H2,1H3/p+1/t12-/m1/s1. The highest BCUT2D eigenvalue weighted by Crippen LogP contribution is 2.28. The number of benzene rings is 1. The maximum absolute atomic E-state index is 12.1. The van der Waals surface area contributed by atoms with Gasteiger partial charge in [0.2, 0.25) is 5.91 Å². The van der Waals surface area contributed by atoms with Gasteiger partial charge in [-0.25, -0.2) is 4.98 Å². The molecule has 1 aromatic heterocycles. The monoisotopic (exact) mass is 331 g/mol. The number of amides is 2. The van der Waals surface area contributed by atoms with E-state index in [1.165, 1.54) is 14.5 Å². The molecule has 2 fully saturated rings. The molecule has 1 aromatic carbocycles. The van der Waals surface area contributed by atoms with Gasteiger partial charge in [-0.15, -0.1) is 0 Å². The van der Waals surface area contributed by atoms with Crippen molar-refractivity contribution in [2.75, 3.05) is 38.1 Å². The third-order valence-corrected chi connectivity index (χ3v) is 5.93. The lowest BCUT2D eigenvalue weighted by Crippen LogP contribution is -3.19. The maximum atomic E-state index is 12.1. The van der Waals surface area contributed by atoms with E-state index in [0.29, 0.717) is 6.42 Å². The van der Waals surface area contributed by atoms with Crippen molar-refractivity contribution in [2.24, 2.45) is 0 Å². The van der Waals surface area contributed by atoms with Gasteiger partial charge in [-0.2, -0.15) is 0 Å². The summed E-state index contributed by atoms with van der Waals surface area (Å²) >= 11 is 1.71. The van der Waals surface area contributed by atoms with Crippen LogP contribution in [0, 0.1) is 0 Å². The Morgan fingerprint density at radius 1 is 1.22 bits per heavy atom. The molecular weight excluding hydrogens is 312 g/mol. The Morgan fingerprint density at radius 3 is 2.61 bits per heavy atom. The summed E-state index contributed by atoms with van der Waals surface area (Å²) in [6.45, 7) is 3.48. The van der Waals surface area contributed by atoms with Crippen molar-refractivity contribution in [3.8, 4) is 0 Å². The quantitative estimate of drug-likeness (QED) is 0.772. The number of quaternary nitrogens is 1. The average molecular weight is 331 g/mol. The molecule has 0 aliphatic carbocycles. The van der Waals surface area contributed by atoms with Gasteiger partial charge < -0.3 is 9.80 Å². The molecule has 3 heterocycles. The highest BCUT2D eigenvalue weighted by atomic mass is 32.1. The summed E-state index contributed by atoms with van der Waals surface area (Å²) in [5.74, 6) is -0.0838. The summed E-state index contributed by atoms with van der Waals surface area (Å²) in [6.07, 6.45) is 0.353. The van der Waals surface area contributed by atoms with E-state index in [1.54, 1.807) is 18.4 Å². The van der Waals surface area contributed by atoms with E-state index in [1.807, 2.05) is 18.2 Å². The lowest BCUT2D eigenvalue weighted by Gasteiger charge is -2.34. The van der Waals surface area contributed by atoms with E-state index in [4.69, 9.17) is 4.98 Å². The van der Waals surface area contributed by atoms with E-state index in [9.17, 15) is 9.59 Å². The number of likely N-dealkylation sites (N-methyl/N-ethyl adjacent to an activating group) is 1. The van der Waals surface area contributed by atoms with Gasteiger partial charge >= 0.3 is 0 Å². The summed E-state index contributed by atoms with van der Waals surface area (Å²) in [6, 6.07) is 7.98. The van der Waals surface area contributed by atoms with Crippen molar-refractivity contribution in [2.45, 2.75) is 12.5 Å². The molecular formula is C16H19N4O2S+. The SMILES string of the molecule is CN1C(=O)C[C@@H]([NH+]2CCN(c3nc4ccccc4s3)CC2)C1=O. The molecule has 7 heteroatoms.